The van der Waals surface area contributed by atoms with E-state index in [-0.39, 0.29) is 54.3 Å². The minimum absolute atomic E-state index is 0.0124. The number of pyridine rings is 1. The summed E-state index contributed by atoms with van der Waals surface area (Å²) in [5.41, 5.74) is 5.13. The number of ether oxygens (including phenoxy) is 1. The Hall–Kier alpha value is -2.00. The molecule has 1 aromatic carbocycles. The highest BCUT2D eigenvalue weighted by molar-refractivity contribution is 7.53. The highest BCUT2D eigenvalue weighted by Crippen LogP contribution is 2.50. The standard InChI is InChI=1S/C35H55FNO6PSi/c1-13-41-44(39,42-14-2)23-29(43-45(11,12)35(7,8)9)21-28(38)19-20-30-32(26-15-17-27(36)18-16-26)31(22-40-10)34(25(5)6)37-33(30)24(3)4/h15-20,24-25,29H,13-14,21-23H2,1-12H3. The lowest BCUT2D eigenvalue weighted by atomic mass is 9.87. The Bertz CT molecular complexity index is 1340. The first-order chi connectivity index (χ1) is 20.9. The summed E-state index contributed by atoms with van der Waals surface area (Å²) >= 11 is 0. The molecule has 252 valence electrons. The Morgan fingerprint density at radius 1 is 1.00 bits per heavy atom. The predicted octanol–water partition coefficient (Wildman–Crippen LogP) is 9.91. The maximum atomic E-state index is 14.0. The third-order valence-corrected chi connectivity index (χ3v) is 14.8. The van der Waals surface area contributed by atoms with Crippen LogP contribution in [0, 0.1) is 5.82 Å². The summed E-state index contributed by atoms with van der Waals surface area (Å²) in [6.07, 6.45) is 2.70. The third kappa shape index (κ3) is 10.8. The molecule has 0 aliphatic rings. The van der Waals surface area contributed by atoms with Gasteiger partial charge >= 0.3 is 7.60 Å². The van der Waals surface area contributed by atoms with Gasteiger partial charge < -0.3 is 18.2 Å². The fourth-order valence-corrected chi connectivity index (χ4v) is 8.26. The number of carbonyl (C=O) groups excluding carboxylic acids is 1. The summed E-state index contributed by atoms with van der Waals surface area (Å²) in [6, 6.07) is 6.37. The van der Waals surface area contributed by atoms with E-state index >= 15 is 0 Å². The van der Waals surface area contributed by atoms with Crippen molar-refractivity contribution in [2.45, 2.75) is 111 Å². The van der Waals surface area contributed by atoms with Crippen LogP contribution >= 0.6 is 7.60 Å². The smallest absolute Gasteiger partial charge is 0.333 e. The predicted molar refractivity (Wildman–Crippen MR) is 185 cm³/mol. The summed E-state index contributed by atoms with van der Waals surface area (Å²) in [6.45, 7) is 23.2. The van der Waals surface area contributed by atoms with E-state index in [1.54, 1.807) is 45.2 Å². The molecule has 10 heteroatoms. The molecule has 0 aliphatic heterocycles. The lowest BCUT2D eigenvalue weighted by molar-refractivity contribution is -0.115. The van der Waals surface area contributed by atoms with Crippen LogP contribution in [-0.2, 0) is 34.2 Å². The summed E-state index contributed by atoms with van der Waals surface area (Å²) in [5, 5.41) is -0.122. The van der Waals surface area contributed by atoms with E-state index in [0.29, 0.717) is 6.61 Å². The number of rotatable bonds is 17. The summed E-state index contributed by atoms with van der Waals surface area (Å²) in [7, 11) is -4.19. The van der Waals surface area contributed by atoms with Crippen LogP contribution in [0.3, 0.4) is 0 Å². The van der Waals surface area contributed by atoms with Gasteiger partial charge in [-0.15, -0.1) is 0 Å². The first-order valence-electron chi connectivity index (χ1n) is 16.0. The van der Waals surface area contributed by atoms with Gasteiger partial charge in [0.25, 0.3) is 0 Å². The van der Waals surface area contributed by atoms with Gasteiger partial charge in [0.15, 0.2) is 14.1 Å². The monoisotopic (exact) mass is 663 g/mol. The molecular formula is C35H55FNO6PSi. The van der Waals surface area contributed by atoms with Gasteiger partial charge in [-0.25, -0.2) is 4.39 Å². The molecule has 0 spiro atoms. The van der Waals surface area contributed by atoms with Crippen LogP contribution in [0.4, 0.5) is 4.39 Å². The highest BCUT2D eigenvalue weighted by atomic mass is 31.2. The number of halogens is 1. The molecule has 0 amide bonds. The average molecular weight is 664 g/mol. The fourth-order valence-electron chi connectivity index (χ4n) is 4.99. The molecule has 1 atom stereocenters. The molecule has 1 heterocycles. The average Bonchev–Trinajstić information content (AvgIpc) is 2.91. The van der Waals surface area contributed by atoms with E-state index in [0.717, 1.165) is 33.6 Å². The summed E-state index contributed by atoms with van der Waals surface area (Å²) in [4.78, 5) is 18.8. The topological polar surface area (TPSA) is 84.0 Å². The Kier molecular flexibility index (Phi) is 14.5. The quantitative estimate of drug-likeness (QED) is 0.0946. The number of allylic oxidation sites excluding steroid dienone is 1. The number of nitrogens with zero attached hydrogens (tertiary/aromatic N) is 1. The van der Waals surface area contributed by atoms with Gasteiger partial charge in [0.2, 0.25) is 0 Å². The third-order valence-electron chi connectivity index (χ3n) is 8.12. The lowest BCUT2D eigenvalue weighted by Crippen LogP contribution is -2.45. The van der Waals surface area contributed by atoms with Gasteiger partial charge in [-0.05, 0) is 79.2 Å². The van der Waals surface area contributed by atoms with Crippen LogP contribution < -0.4 is 0 Å². The molecule has 2 aromatic rings. The second kappa shape index (κ2) is 16.7. The van der Waals surface area contributed by atoms with Crippen LogP contribution in [0.1, 0.15) is 103 Å². The Morgan fingerprint density at radius 3 is 2.02 bits per heavy atom. The largest absolute Gasteiger partial charge is 0.413 e. The van der Waals surface area contributed by atoms with Crippen LogP contribution in [0.2, 0.25) is 18.1 Å². The first kappa shape index (κ1) is 39.2. The molecular weight excluding hydrogens is 608 g/mol. The Labute approximate surface area is 272 Å². The fraction of sp³-hybridized carbons (Fsp3) is 0.600. The van der Waals surface area contributed by atoms with E-state index in [1.807, 2.05) is 0 Å². The van der Waals surface area contributed by atoms with Gasteiger partial charge in [-0.3, -0.25) is 14.3 Å². The van der Waals surface area contributed by atoms with Crippen molar-refractivity contribution < 1.29 is 32.0 Å². The van der Waals surface area contributed by atoms with Crippen molar-refractivity contribution >= 4 is 27.8 Å². The number of carbonyl (C=O) groups is 1. The van der Waals surface area contributed by atoms with E-state index in [2.05, 4.69) is 61.6 Å². The first-order valence-corrected chi connectivity index (χ1v) is 20.6. The van der Waals surface area contributed by atoms with E-state index in [1.165, 1.54) is 12.1 Å². The molecule has 1 unspecified atom stereocenters. The number of ketones is 1. The van der Waals surface area contributed by atoms with Crippen molar-refractivity contribution in [1.29, 1.82) is 0 Å². The SMILES string of the molecule is CCOP(=O)(CC(CC(=O)C=Cc1c(C(C)C)nc(C(C)C)c(COC)c1-c1ccc(F)cc1)O[Si](C)(C)C(C)(C)C)OCC. The van der Waals surface area contributed by atoms with Gasteiger partial charge in [0, 0.05) is 30.4 Å². The van der Waals surface area contributed by atoms with Crippen LogP contribution in [0.25, 0.3) is 17.2 Å². The molecule has 0 bridgehead atoms. The van der Waals surface area contributed by atoms with Crippen molar-refractivity contribution in [2.24, 2.45) is 0 Å². The molecule has 45 heavy (non-hydrogen) atoms. The van der Waals surface area contributed by atoms with Gasteiger partial charge in [0.05, 0.1) is 37.8 Å². The van der Waals surface area contributed by atoms with E-state index in [9.17, 15) is 13.8 Å². The molecule has 7 nitrogen and oxygen atoms in total. The van der Waals surface area contributed by atoms with Crippen molar-refractivity contribution in [3.05, 3.63) is 58.7 Å². The highest BCUT2D eigenvalue weighted by Gasteiger charge is 2.41. The molecule has 0 radical (unpaired) electrons. The normalized spacial score (nSPS) is 13.8. The minimum atomic E-state index is -3.48. The summed E-state index contributed by atoms with van der Waals surface area (Å²) < 4.78 is 51.0. The van der Waals surface area contributed by atoms with Crippen molar-refractivity contribution in [3.63, 3.8) is 0 Å². The molecule has 0 aliphatic carbocycles. The summed E-state index contributed by atoms with van der Waals surface area (Å²) in [5.74, 6) is -0.345. The van der Waals surface area contributed by atoms with Gasteiger partial charge in [-0.2, -0.15) is 0 Å². The van der Waals surface area contributed by atoms with Crippen LogP contribution in [0.15, 0.2) is 30.3 Å². The van der Waals surface area contributed by atoms with Crippen molar-refractivity contribution in [3.8, 4) is 11.1 Å². The van der Waals surface area contributed by atoms with Gasteiger partial charge in [-0.1, -0.05) is 60.6 Å². The number of hydrogen-bond donors (Lipinski definition) is 0. The molecule has 0 fully saturated rings. The second-order valence-corrected chi connectivity index (χ2v) is 20.4. The number of hydrogen-bond acceptors (Lipinski definition) is 7. The second-order valence-electron chi connectivity index (χ2n) is 13.5. The van der Waals surface area contributed by atoms with Crippen LogP contribution in [0.5, 0.6) is 0 Å². The minimum Gasteiger partial charge on any atom is -0.413 e. The van der Waals surface area contributed by atoms with Crippen molar-refractivity contribution in [2.75, 3.05) is 26.5 Å². The van der Waals surface area contributed by atoms with Crippen molar-refractivity contribution in [1.82, 2.24) is 4.98 Å². The van der Waals surface area contributed by atoms with Crippen LogP contribution in [-0.4, -0.2) is 51.7 Å². The van der Waals surface area contributed by atoms with Gasteiger partial charge in [0.1, 0.15) is 5.82 Å². The number of benzene rings is 1. The molecule has 2 rings (SSSR count). The molecule has 0 saturated heterocycles. The molecule has 0 N–H and O–H groups in total. The molecule has 0 saturated carbocycles. The maximum Gasteiger partial charge on any atom is 0.333 e. The number of aromatic nitrogens is 1. The maximum absolute atomic E-state index is 14.0. The zero-order valence-corrected chi connectivity index (χ0v) is 31.3. The zero-order chi connectivity index (χ0) is 34.2. The zero-order valence-electron chi connectivity index (χ0n) is 29.5. The Morgan fingerprint density at radius 2 is 1.56 bits per heavy atom. The molecule has 1 aromatic heterocycles. The van der Waals surface area contributed by atoms with E-state index in [4.69, 9.17) is 23.2 Å². The lowest BCUT2D eigenvalue weighted by Gasteiger charge is -2.39. The Balaban J connectivity index is 2.68. The number of methoxy groups -OCH3 is 1. The van der Waals surface area contributed by atoms with E-state index < -0.39 is 22.0 Å².